The minimum absolute atomic E-state index is 0.0940. The lowest BCUT2D eigenvalue weighted by atomic mass is 9.82. The van der Waals surface area contributed by atoms with E-state index in [1.54, 1.807) is 0 Å². The first-order chi connectivity index (χ1) is 9.46. The summed E-state index contributed by atoms with van der Waals surface area (Å²) >= 11 is 1.97. The number of amides is 1. The Hall–Kier alpha value is -0.230. The zero-order valence-corrected chi connectivity index (χ0v) is 13.6. The largest absolute Gasteiger partial charge is 0.336 e. The molecular formula is C14H23NO3S2. The Kier molecular flexibility index (Phi) is 3.82. The van der Waals surface area contributed by atoms with Crippen LogP contribution in [0.4, 0.5) is 0 Å². The second-order valence-electron chi connectivity index (χ2n) is 6.38. The number of hydrogen-bond acceptors (Lipinski definition) is 4. The van der Waals surface area contributed by atoms with Gasteiger partial charge < -0.3 is 4.90 Å². The average molecular weight is 317 g/mol. The molecule has 2 saturated carbocycles. The molecule has 2 aliphatic carbocycles. The Morgan fingerprint density at radius 3 is 2.50 bits per heavy atom. The zero-order chi connectivity index (χ0) is 14.4. The summed E-state index contributed by atoms with van der Waals surface area (Å²) < 4.78 is 23.2. The van der Waals surface area contributed by atoms with Crippen LogP contribution in [0.5, 0.6) is 0 Å². The molecule has 6 heteroatoms. The van der Waals surface area contributed by atoms with Crippen molar-refractivity contribution in [1.82, 2.24) is 4.90 Å². The molecule has 114 valence electrons. The molecule has 2 atom stereocenters. The van der Waals surface area contributed by atoms with Crippen LogP contribution in [0.3, 0.4) is 0 Å². The predicted molar refractivity (Wildman–Crippen MR) is 81.6 cm³/mol. The summed E-state index contributed by atoms with van der Waals surface area (Å²) in [4.78, 5) is 14.9. The first-order valence-electron chi connectivity index (χ1n) is 7.58. The van der Waals surface area contributed by atoms with Crippen LogP contribution in [0.25, 0.3) is 0 Å². The number of hydrogen-bond donors (Lipinski definition) is 0. The lowest BCUT2D eigenvalue weighted by molar-refractivity contribution is -0.139. The van der Waals surface area contributed by atoms with E-state index in [0.717, 1.165) is 31.6 Å². The lowest BCUT2D eigenvalue weighted by Crippen LogP contribution is -2.63. The zero-order valence-electron chi connectivity index (χ0n) is 12.0. The number of sulfone groups is 1. The van der Waals surface area contributed by atoms with E-state index in [1.165, 1.54) is 19.1 Å². The maximum absolute atomic E-state index is 12.9. The van der Waals surface area contributed by atoms with Crippen molar-refractivity contribution in [2.75, 3.05) is 18.6 Å². The highest BCUT2D eigenvalue weighted by Crippen LogP contribution is 2.43. The van der Waals surface area contributed by atoms with Gasteiger partial charge in [-0.2, -0.15) is 11.8 Å². The van der Waals surface area contributed by atoms with E-state index in [9.17, 15) is 13.2 Å². The summed E-state index contributed by atoms with van der Waals surface area (Å²) in [6.45, 7) is 0.724. The number of carbonyl (C=O) groups excluding carboxylic acids is 1. The summed E-state index contributed by atoms with van der Waals surface area (Å²) in [5.41, 5.74) is 0. The van der Waals surface area contributed by atoms with Crippen molar-refractivity contribution >= 4 is 27.5 Å². The van der Waals surface area contributed by atoms with Gasteiger partial charge in [0.15, 0.2) is 14.6 Å². The molecule has 3 aliphatic rings. The third kappa shape index (κ3) is 2.19. The molecular weight excluding hydrogens is 294 g/mol. The van der Waals surface area contributed by atoms with Gasteiger partial charge in [0.05, 0.1) is 0 Å². The number of rotatable bonds is 2. The van der Waals surface area contributed by atoms with Gasteiger partial charge in [0, 0.05) is 29.8 Å². The fourth-order valence-corrected chi connectivity index (χ4v) is 6.76. The van der Waals surface area contributed by atoms with Gasteiger partial charge in [-0.3, -0.25) is 4.79 Å². The second kappa shape index (κ2) is 5.20. The van der Waals surface area contributed by atoms with Crippen LogP contribution in [0.15, 0.2) is 0 Å². The predicted octanol–water partition coefficient (Wildman–Crippen LogP) is 1.84. The molecule has 1 saturated heterocycles. The molecule has 3 rings (SSSR count). The average Bonchev–Trinajstić information content (AvgIpc) is 2.34. The van der Waals surface area contributed by atoms with Crippen LogP contribution in [0, 0.1) is 0 Å². The molecule has 1 heterocycles. The topological polar surface area (TPSA) is 54.5 Å². The summed E-state index contributed by atoms with van der Waals surface area (Å²) in [6.07, 6.45) is 7.76. The van der Waals surface area contributed by atoms with Crippen LogP contribution < -0.4 is 0 Å². The van der Waals surface area contributed by atoms with E-state index in [2.05, 4.69) is 0 Å². The molecule has 0 aromatic heterocycles. The Bertz CT molecular complexity index is 497. The van der Waals surface area contributed by atoms with Gasteiger partial charge in [-0.25, -0.2) is 8.42 Å². The molecule has 0 spiro atoms. The van der Waals surface area contributed by atoms with Gasteiger partial charge in [0.2, 0.25) is 5.91 Å². The molecule has 0 radical (unpaired) electrons. The van der Waals surface area contributed by atoms with Crippen LogP contribution >= 0.6 is 11.8 Å². The normalized spacial score (nSPS) is 33.1. The standard InChI is InChI=1S/C14H23NO3S2/c1-20(17,18)14(7-4-8-14)13(16)15-9-10-19-12-6-3-2-5-11(12)15/h11-12H,2-10H2,1H3/t11-,12-/m1/s1. The molecule has 1 amide bonds. The van der Waals surface area contributed by atoms with Crippen molar-refractivity contribution in [3.05, 3.63) is 0 Å². The highest BCUT2D eigenvalue weighted by Gasteiger charge is 2.56. The maximum atomic E-state index is 12.9. The quantitative estimate of drug-likeness (QED) is 0.780. The molecule has 3 fully saturated rings. The Morgan fingerprint density at radius 1 is 1.20 bits per heavy atom. The number of thioether (sulfide) groups is 1. The summed E-state index contributed by atoms with van der Waals surface area (Å²) in [7, 11) is -3.31. The smallest absolute Gasteiger partial charge is 0.244 e. The molecule has 0 N–H and O–H groups in total. The number of fused-ring (bicyclic) bond motifs is 1. The van der Waals surface area contributed by atoms with E-state index >= 15 is 0 Å². The highest BCUT2D eigenvalue weighted by atomic mass is 32.2. The number of carbonyl (C=O) groups is 1. The maximum Gasteiger partial charge on any atom is 0.244 e. The summed E-state index contributed by atoms with van der Waals surface area (Å²) in [5, 5.41) is 0.526. The molecule has 0 aromatic carbocycles. The van der Waals surface area contributed by atoms with Crippen molar-refractivity contribution in [2.24, 2.45) is 0 Å². The Labute approximate surface area is 125 Å². The van der Waals surface area contributed by atoms with Gasteiger partial charge in [0.1, 0.15) is 0 Å². The Balaban J connectivity index is 1.85. The molecule has 4 nitrogen and oxygen atoms in total. The Morgan fingerprint density at radius 2 is 1.90 bits per heavy atom. The minimum Gasteiger partial charge on any atom is -0.336 e. The van der Waals surface area contributed by atoms with Gasteiger partial charge >= 0.3 is 0 Å². The molecule has 0 unspecified atom stereocenters. The second-order valence-corrected chi connectivity index (χ2v) is 10.1. The monoisotopic (exact) mass is 317 g/mol. The van der Waals surface area contributed by atoms with Crippen LogP contribution in [-0.4, -0.2) is 53.8 Å². The summed E-state index contributed by atoms with van der Waals surface area (Å²) in [5.74, 6) is 0.857. The van der Waals surface area contributed by atoms with Crippen molar-refractivity contribution in [1.29, 1.82) is 0 Å². The van der Waals surface area contributed by atoms with Crippen LogP contribution in [0.1, 0.15) is 44.9 Å². The van der Waals surface area contributed by atoms with E-state index in [0.29, 0.717) is 18.1 Å². The minimum atomic E-state index is -3.31. The van der Waals surface area contributed by atoms with Gasteiger partial charge in [0.25, 0.3) is 0 Å². The van der Waals surface area contributed by atoms with Crippen molar-refractivity contribution in [3.8, 4) is 0 Å². The molecule has 20 heavy (non-hydrogen) atoms. The van der Waals surface area contributed by atoms with Crippen molar-refractivity contribution in [3.63, 3.8) is 0 Å². The van der Waals surface area contributed by atoms with Gasteiger partial charge in [-0.1, -0.05) is 12.8 Å². The molecule has 0 aromatic rings. The van der Waals surface area contributed by atoms with Crippen LogP contribution in [0.2, 0.25) is 0 Å². The van der Waals surface area contributed by atoms with Crippen LogP contribution in [-0.2, 0) is 14.6 Å². The third-order valence-electron chi connectivity index (χ3n) is 5.25. The fraction of sp³-hybridized carbons (Fsp3) is 0.929. The third-order valence-corrected chi connectivity index (χ3v) is 8.65. The van der Waals surface area contributed by atoms with Crippen molar-refractivity contribution < 1.29 is 13.2 Å². The van der Waals surface area contributed by atoms with E-state index in [-0.39, 0.29) is 11.9 Å². The first-order valence-corrected chi connectivity index (χ1v) is 10.5. The lowest BCUT2D eigenvalue weighted by Gasteiger charge is -2.49. The molecule has 1 aliphatic heterocycles. The number of nitrogens with zero attached hydrogens (tertiary/aromatic N) is 1. The van der Waals surface area contributed by atoms with Gasteiger partial charge in [-0.15, -0.1) is 0 Å². The SMILES string of the molecule is CS(=O)(=O)C1(C(=O)N2CCS[C@@H]3CCCC[C@H]32)CCC1. The summed E-state index contributed by atoms with van der Waals surface area (Å²) in [6, 6.07) is 0.272. The first kappa shape index (κ1) is 14.7. The van der Waals surface area contributed by atoms with E-state index < -0.39 is 14.6 Å². The molecule has 0 bridgehead atoms. The van der Waals surface area contributed by atoms with Crippen molar-refractivity contribution in [2.45, 2.75) is 61.0 Å². The van der Waals surface area contributed by atoms with E-state index in [1.807, 2.05) is 16.7 Å². The fourth-order valence-electron chi connectivity index (χ4n) is 3.85. The highest BCUT2D eigenvalue weighted by molar-refractivity contribution is 8.00. The van der Waals surface area contributed by atoms with Gasteiger partial charge in [-0.05, 0) is 32.1 Å². The van der Waals surface area contributed by atoms with E-state index in [4.69, 9.17) is 0 Å².